The Morgan fingerprint density at radius 1 is 0.610 bits per heavy atom. The minimum atomic E-state index is -1.59. The number of hydrogen-bond donors (Lipinski definition) is 0. The second kappa shape index (κ2) is 16.0. The standard InChI is InChI=1S/C36H57O3PS/c1-10-11-12-13-14-15-16-17-18-19-20-21-22-37-40-38-33-29(35(4,5)6)23-27(2)25-31(33)41-32-26-28(3)24-30(34(32)39-40)36(7,8)9/h23-26H,10-22H2,1-9H3. The van der Waals surface area contributed by atoms with E-state index in [2.05, 4.69) is 86.6 Å². The topological polar surface area (TPSA) is 27.7 Å². The molecule has 1 aliphatic heterocycles. The second-order valence-electron chi connectivity index (χ2n) is 14.0. The van der Waals surface area contributed by atoms with Crippen molar-refractivity contribution in [3.05, 3.63) is 46.5 Å². The smallest absolute Gasteiger partial charge is 0.416 e. The molecule has 0 N–H and O–H groups in total. The van der Waals surface area contributed by atoms with E-state index in [1.165, 1.54) is 92.9 Å². The fraction of sp³-hybridized carbons (Fsp3) is 0.667. The molecule has 0 fully saturated rings. The van der Waals surface area contributed by atoms with Crippen LogP contribution in [0.5, 0.6) is 11.5 Å². The summed E-state index contributed by atoms with van der Waals surface area (Å²) in [6.07, 6.45) is 16.0. The van der Waals surface area contributed by atoms with Crippen molar-refractivity contribution >= 4 is 20.4 Å². The summed E-state index contributed by atoms with van der Waals surface area (Å²) < 4.78 is 19.9. The molecular formula is C36H57O3PS. The van der Waals surface area contributed by atoms with Crippen molar-refractivity contribution in [2.45, 2.75) is 160 Å². The van der Waals surface area contributed by atoms with Crippen LogP contribution in [-0.2, 0) is 15.4 Å². The molecule has 3 rings (SSSR count). The van der Waals surface area contributed by atoms with E-state index in [9.17, 15) is 0 Å². The van der Waals surface area contributed by atoms with Crippen molar-refractivity contribution in [3.8, 4) is 11.5 Å². The molecule has 1 aliphatic rings. The van der Waals surface area contributed by atoms with Gasteiger partial charge in [-0.3, -0.25) is 4.52 Å². The molecule has 0 saturated heterocycles. The monoisotopic (exact) mass is 600 g/mol. The predicted molar refractivity (Wildman–Crippen MR) is 179 cm³/mol. The Hall–Kier alpha value is -1.22. The normalized spacial score (nSPS) is 14.1. The van der Waals surface area contributed by atoms with Gasteiger partial charge in [-0.15, -0.1) is 0 Å². The zero-order valence-corrected chi connectivity index (χ0v) is 29.3. The average Bonchev–Trinajstić information content (AvgIpc) is 2.86. The van der Waals surface area contributed by atoms with Gasteiger partial charge >= 0.3 is 8.60 Å². The minimum absolute atomic E-state index is 0.0572. The number of rotatable bonds is 14. The molecule has 3 nitrogen and oxygen atoms in total. The first-order valence-electron chi connectivity index (χ1n) is 16.2. The molecule has 0 aliphatic carbocycles. The van der Waals surface area contributed by atoms with Crippen molar-refractivity contribution in [3.63, 3.8) is 0 Å². The first-order chi connectivity index (χ1) is 19.4. The number of fused-ring (bicyclic) bond motifs is 2. The molecule has 1 heterocycles. The molecule has 0 bridgehead atoms. The van der Waals surface area contributed by atoms with Crippen LogP contribution in [0.2, 0.25) is 0 Å². The number of unbranched alkanes of at least 4 members (excludes halogenated alkanes) is 11. The molecular weight excluding hydrogens is 543 g/mol. The van der Waals surface area contributed by atoms with Crippen LogP contribution in [-0.4, -0.2) is 6.61 Å². The van der Waals surface area contributed by atoms with Crippen LogP contribution in [0, 0.1) is 13.8 Å². The molecule has 5 heteroatoms. The van der Waals surface area contributed by atoms with Crippen LogP contribution < -0.4 is 9.05 Å². The SMILES string of the molecule is CCCCCCCCCCCCCCOP1Oc2c(cc(C)cc2C(C)(C)C)Sc2cc(C)cc(C(C)(C)C)c2O1. The molecule has 2 aromatic carbocycles. The largest absolute Gasteiger partial charge is 0.463 e. The van der Waals surface area contributed by atoms with E-state index in [4.69, 9.17) is 13.6 Å². The van der Waals surface area contributed by atoms with Gasteiger partial charge in [0.2, 0.25) is 0 Å². The van der Waals surface area contributed by atoms with E-state index in [1.807, 2.05) is 0 Å². The molecule has 0 saturated carbocycles. The van der Waals surface area contributed by atoms with Crippen molar-refractivity contribution in [1.29, 1.82) is 0 Å². The Kier molecular flexibility index (Phi) is 13.4. The fourth-order valence-electron chi connectivity index (χ4n) is 5.36. The molecule has 2 aromatic rings. The third-order valence-corrected chi connectivity index (χ3v) is 9.86. The van der Waals surface area contributed by atoms with E-state index in [0.717, 1.165) is 27.7 Å². The third kappa shape index (κ3) is 10.8. The molecule has 230 valence electrons. The lowest BCUT2D eigenvalue weighted by molar-refractivity contribution is 0.252. The molecule has 0 radical (unpaired) electrons. The third-order valence-electron chi connectivity index (χ3n) is 7.76. The first kappa shape index (κ1) is 34.3. The maximum Gasteiger partial charge on any atom is 0.463 e. The first-order valence-corrected chi connectivity index (χ1v) is 18.1. The van der Waals surface area contributed by atoms with Crippen molar-refractivity contribution in [2.75, 3.05) is 6.61 Å². The van der Waals surface area contributed by atoms with Gasteiger partial charge in [0, 0.05) is 11.1 Å². The molecule has 41 heavy (non-hydrogen) atoms. The Bertz CT molecular complexity index is 1030. The molecule has 0 aromatic heterocycles. The Labute approximate surface area is 257 Å². The van der Waals surface area contributed by atoms with Gasteiger partial charge in [-0.25, -0.2) is 0 Å². The molecule has 0 spiro atoms. The van der Waals surface area contributed by atoms with Crippen LogP contribution >= 0.6 is 20.4 Å². The van der Waals surface area contributed by atoms with Gasteiger partial charge in [-0.1, -0.05) is 143 Å². The number of benzene rings is 2. The van der Waals surface area contributed by atoms with Gasteiger partial charge in [0.15, 0.2) is 0 Å². The van der Waals surface area contributed by atoms with Gasteiger partial charge in [0.25, 0.3) is 0 Å². The summed E-state index contributed by atoms with van der Waals surface area (Å²) in [6, 6.07) is 9.03. The maximum absolute atomic E-state index is 6.71. The Morgan fingerprint density at radius 3 is 1.39 bits per heavy atom. The summed E-state index contributed by atoms with van der Waals surface area (Å²) in [7, 11) is -1.59. The zero-order chi connectivity index (χ0) is 30.0. The zero-order valence-electron chi connectivity index (χ0n) is 27.6. The summed E-state index contributed by atoms with van der Waals surface area (Å²) in [4.78, 5) is 2.29. The van der Waals surface area contributed by atoms with Crippen LogP contribution in [0.3, 0.4) is 0 Å². The summed E-state index contributed by atoms with van der Waals surface area (Å²) in [5.74, 6) is 1.83. The second-order valence-corrected chi connectivity index (χ2v) is 16.2. The number of hydrogen-bond acceptors (Lipinski definition) is 4. The summed E-state index contributed by atoms with van der Waals surface area (Å²) in [5, 5.41) is 0. The van der Waals surface area contributed by atoms with Gasteiger partial charge in [-0.05, 0) is 54.4 Å². The minimum Gasteiger partial charge on any atom is -0.416 e. The van der Waals surface area contributed by atoms with E-state index >= 15 is 0 Å². The highest BCUT2D eigenvalue weighted by Crippen LogP contribution is 2.56. The lowest BCUT2D eigenvalue weighted by Crippen LogP contribution is -2.17. The van der Waals surface area contributed by atoms with E-state index in [-0.39, 0.29) is 10.8 Å². The van der Waals surface area contributed by atoms with Gasteiger partial charge in [0.05, 0.1) is 16.4 Å². The summed E-state index contributed by atoms with van der Waals surface area (Å²) >= 11 is 1.76. The molecule has 0 unspecified atom stereocenters. The molecule has 0 amide bonds. The Balaban J connectivity index is 1.68. The maximum atomic E-state index is 6.71. The van der Waals surface area contributed by atoms with Crippen molar-refractivity contribution in [2.24, 2.45) is 0 Å². The lowest BCUT2D eigenvalue weighted by atomic mass is 9.85. The van der Waals surface area contributed by atoms with Gasteiger partial charge in [-0.2, -0.15) is 0 Å². The summed E-state index contributed by atoms with van der Waals surface area (Å²) in [6.45, 7) is 20.8. The van der Waals surface area contributed by atoms with Crippen LogP contribution in [0.25, 0.3) is 0 Å². The average molecular weight is 601 g/mol. The highest BCUT2D eigenvalue weighted by Gasteiger charge is 2.33. The quantitative estimate of drug-likeness (QED) is 0.159. The van der Waals surface area contributed by atoms with E-state index in [1.54, 1.807) is 11.8 Å². The van der Waals surface area contributed by atoms with E-state index < -0.39 is 8.60 Å². The Morgan fingerprint density at radius 2 is 1.00 bits per heavy atom. The summed E-state index contributed by atoms with van der Waals surface area (Å²) in [5.41, 5.74) is 4.79. The lowest BCUT2D eigenvalue weighted by Gasteiger charge is -2.32. The highest BCUT2D eigenvalue weighted by atomic mass is 32.2. The van der Waals surface area contributed by atoms with Gasteiger partial charge < -0.3 is 9.05 Å². The van der Waals surface area contributed by atoms with E-state index in [0.29, 0.717) is 6.61 Å². The predicted octanol–water partition coefficient (Wildman–Crippen LogP) is 12.8. The van der Waals surface area contributed by atoms with Crippen LogP contribution in [0.4, 0.5) is 0 Å². The number of aryl methyl sites for hydroxylation is 2. The van der Waals surface area contributed by atoms with Gasteiger partial charge in [0.1, 0.15) is 11.5 Å². The fourth-order valence-corrected chi connectivity index (χ4v) is 7.81. The van der Waals surface area contributed by atoms with Crippen LogP contribution in [0.15, 0.2) is 34.1 Å². The highest BCUT2D eigenvalue weighted by molar-refractivity contribution is 7.99. The molecule has 0 atom stereocenters. The van der Waals surface area contributed by atoms with Crippen molar-refractivity contribution < 1.29 is 13.6 Å². The van der Waals surface area contributed by atoms with Crippen LogP contribution in [0.1, 0.15) is 148 Å². The van der Waals surface area contributed by atoms with Crippen molar-refractivity contribution in [1.82, 2.24) is 0 Å².